The van der Waals surface area contributed by atoms with Crippen molar-refractivity contribution in [3.8, 4) is 0 Å². The fourth-order valence-corrected chi connectivity index (χ4v) is 6.41. The number of hydrogen-bond acceptors (Lipinski definition) is 7. The van der Waals surface area contributed by atoms with Crippen LogP contribution in [0.25, 0.3) is 0 Å². The number of nitrogens with one attached hydrogen (secondary N) is 2. The minimum Gasteiger partial charge on any atom is -0.378 e. The van der Waals surface area contributed by atoms with Crippen LogP contribution in [-0.2, 0) is 38.6 Å². The summed E-state index contributed by atoms with van der Waals surface area (Å²) >= 11 is 6.57. The lowest BCUT2D eigenvalue weighted by Crippen LogP contribution is -2.56. The van der Waals surface area contributed by atoms with Gasteiger partial charge < -0.3 is 15.0 Å². The monoisotopic (exact) mass is 593 g/mol. The molecule has 4 amide bonds. The highest BCUT2D eigenvalue weighted by molar-refractivity contribution is 6.31. The highest BCUT2D eigenvalue weighted by Gasteiger charge is 2.39. The number of halogens is 1. The predicted octanol–water partition coefficient (Wildman–Crippen LogP) is 2.50. The van der Waals surface area contributed by atoms with Crippen LogP contribution in [0.2, 0.25) is 5.02 Å². The van der Waals surface area contributed by atoms with Gasteiger partial charge in [-0.1, -0.05) is 23.7 Å². The fraction of sp³-hybridized carbons (Fsp3) is 0.484. The number of ether oxygens (including phenoxy) is 1. The Balaban J connectivity index is 1.03. The molecule has 42 heavy (non-hydrogen) atoms. The Kier molecular flexibility index (Phi) is 8.31. The average Bonchev–Trinajstić information content (AvgIpc) is 3.25. The molecule has 3 saturated heterocycles. The molecule has 222 valence electrons. The van der Waals surface area contributed by atoms with Crippen molar-refractivity contribution in [2.45, 2.75) is 57.8 Å². The molecule has 1 atom stereocenters. The van der Waals surface area contributed by atoms with Crippen LogP contribution in [0.3, 0.4) is 0 Å². The van der Waals surface area contributed by atoms with Crippen LogP contribution in [0.4, 0.5) is 5.69 Å². The van der Waals surface area contributed by atoms with E-state index in [4.69, 9.17) is 16.3 Å². The lowest BCUT2D eigenvalue weighted by molar-refractivity contribution is -0.137. The van der Waals surface area contributed by atoms with Crippen LogP contribution in [0, 0.1) is 6.92 Å². The summed E-state index contributed by atoms with van der Waals surface area (Å²) < 4.78 is 5.34. The second kappa shape index (κ2) is 12.1. The van der Waals surface area contributed by atoms with Crippen LogP contribution >= 0.6 is 11.6 Å². The Morgan fingerprint density at radius 2 is 1.88 bits per heavy atom. The zero-order chi connectivity index (χ0) is 29.4. The summed E-state index contributed by atoms with van der Waals surface area (Å²) in [5, 5.41) is 5.96. The van der Waals surface area contributed by atoms with E-state index < -0.39 is 11.9 Å². The number of nitrogens with zero attached hydrogens (tertiary/aromatic N) is 3. The SMILES string of the molecule is Cc1c(Cl)cc(NC(=O)CCc2ccc3c(c2)C(=O)N(C2CCC(=O)NC2=O)C3)cc1CN1CCN(C2COC2)CC1. The smallest absolute Gasteiger partial charge is 0.255 e. The van der Waals surface area contributed by atoms with Gasteiger partial charge in [-0.2, -0.15) is 0 Å². The molecule has 4 aliphatic heterocycles. The van der Waals surface area contributed by atoms with Crippen molar-refractivity contribution in [2.75, 3.05) is 44.7 Å². The average molecular weight is 594 g/mol. The first kappa shape index (κ1) is 28.8. The number of hydrogen-bond donors (Lipinski definition) is 2. The Labute approximate surface area is 250 Å². The number of piperidine rings is 1. The largest absolute Gasteiger partial charge is 0.378 e. The maximum Gasteiger partial charge on any atom is 0.255 e. The summed E-state index contributed by atoms with van der Waals surface area (Å²) in [6.07, 6.45) is 1.26. The molecule has 0 aliphatic carbocycles. The van der Waals surface area contributed by atoms with Gasteiger partial charge in [0, 0.05) is 68.4 Å². The minimum atomic E-state index is -0.643. The van der Waals surface area contributed by atoms with Crippen LogP contribution in [-0.4, -0.2) is 89.8 Å². The Morgan fingerprint density at radius 3 is 2.60 bits per heavy atom. The molecule has 10 nitrogen and oxygen atoms in total. The summed E-state index contributed by atoms with van der Waals surface area (Å²) in [7, 11) is 0. The minimum absolute atomic E-state index is 0.130. The number of piperazine rings is 1. The third-order valence-corrected chi connectivity index (χ3v) is 9.30. The van der Waals surface area contributed by atoms with Crippen LogP contribution in [0.1, 0.15) is 51.9 Å². The topological polar surface area (TPSA) is 111 Å². The predicted molar refractivity (Wildman–Crippen MR) is 157 cm³/mol. The van der Waals surface area contributed by atoms with E-state index in [9.17, 15) is 19.2 Å². The van der Waals surface area contributed by atoms with Gasteiger partial charge in [-0.3, -0.25) is 34.3 Å². The van der Waals surface area contributed by atoms with Crippen molar-refractivity contribution in [1.82, 2.24) is 20.0 Å². The van der Waals surface area contributed by atoms with Gasteiger partial charge in [0.05, 0.1) is 19.3 Å². The van der Waals surface area contributed by atoms with Gasteiger partial charge in [-0.15, -0.1) is 0 Å². The number of imide groups is 1. The number of anilines is 1. The quantitative estimate of drug-likeness (QED) is 0.453. The van der Waals surface area contributed by atoms with Crippen molar-refractivity contribution in [3.05, 3.63) is 63.2 Å². The molecule has 4 aliphatic rings. The molecule has 2 aromatic carbocycles. The maximum absolute atomic E-state index is 13.1. The molecule has 11 heteroatoms. The number of benzene rings is 2. The Hall–Kier alpha value is -3.31. The molecule has 3 fully saturated rings. The highest BCUT2D eigenvalue weighted by atomic mass is 35.5. The molecule has 0 spiro atoms. The van der Waals surface area contributed by atoms with Crippen LogP contribution in [0.5, 0.6) is 0 Å². The number of carbonyl (C=O) groups excluding carboxylic acids is 4. The molecule has 0 aromatic heterocycles. The number of amides is 4. The number of aryl methyl sites for hydroxylation is 1. The number of fused-ring (bicyclic) bond motifs is 1. The summed E-state index contributed by atoms with van der Waals surface area (Å²) in [6, 6.07) is 9.36. The normalized spacial score (nSPS) is 21.7. The molecule has 0 saturated carbocycles. The number of rotatable bonds is 8. The third-order valence-electron chi connectivity index (χ3n) is 8.91. The molecule has 6 rings (SSSR count). The first-order valence-corrected chi connectivity index (χ1v) is 15.0. The molecule has 2 aromatic rings. The van der Waals surface area contributed by atoms with E-state index in [0.29, 0.717) is 41.7 Å². The van der Waals surface area contributed by atoms with E-state index in [1.807, 2.05) is 31.2 Å². The fourth-order valence-electron chi connectivity index (χ4n) is 6.17. The van der Waals surface area contributed by atoms with Crippen molar-refractivity contribution in [2.24, 2.45) is 0 Å². The maximum atomic E-state index is 13.1. The van der Waals surface area contributed by atoms with Gasteiger partial charge in [0.25, 0.3) is 5.91 Å². The first-order valence-electron chi connectivity index (χ1n) is 14.6. The summed E-state index contributed by atoms with van der Waals surface area (Å²) in [4.78, 5) is 56.3. The third kappa shape index (κ3) is 6.08. The number of carbonyl (C=O) groups is 4. The van der Waals surface area contributed by atoms with Crippen molar-refractivity contribution in [1.29, 1.82) is 0 Å². The molecule has 2 N–H and O–H groups in total. The van der Waals surface area contributed by atoms with E-state index in [-0.39, 0.29) is 30.6 Å². The van der Waals surface area contributed by atoms with E-state index in [0.717, 1.165) is 68.2 Å². The molecule has 0 radical (unpaired) electrons. The summed E-state index contributed by atoms with van der Waals surface area (Å²) in [6.45, 7) is 8.83. The van der Waals surface area contributed by atoms with Crippen molar-refractivity contribution >= 4 is 40.9 Å². The Bertz CT molecular complexity index is 1420. The highest BCUT2D eigenvalue weighted by Crippen LogP contribution is 2.29. The summed E-state index contributed by atoms with van der Waals surface area (Å²) in [5.74, 6) is -1.08. The van der Waals surface area contributed by atoms with Crippen molar-refractivity contribution < 1.29 is 23.9 Å². The van der Waals surface area contributed by atoms with Crippen molar-refractivity contribution in [3.63, 3.8) is 0 Å². The van der Waals surface area contributed by atoms with Gasteiger partial charge in [0.15, 0.2) is 0 Å². The molecule has 1 unspecified atom stereocenters. The zero-order valence-electron chi connectivity index (χ0n) is 23.8. The van der Waals surface area contributed by atoms with Gasteiger partial charge in [0.1, 0.15) is 6.04 Å². The van der Waals surface area contributed by atoms with Gasteiger partial charge >= 0.3 is 0 Å². The first-order chi connectivity index (χ1) is 20.2. The van der Waals surface area contributed by atoms with Gasteiger partial charge in [0.2, 0.25) is 17.7 Å². The lowest BCUT2D eigenvalue weighted by atomic mass is 10.0. The molecular formula is C31H36ClN5O5. The summed E-state index contributed by atoms with van der Waals surface area (Å²) in [5.41, 5.74) is 5.08. The molecular weight excluding hydrogens is 558 g/mol. The van der Waals surface area contributed by atoms with Crippen LogP contribution < -0.4 is 10.6 Å². The van der Waals surface area contributed by atoms with E-state index in [1.165, 1.54) is 4.90 Å². The second-order valence-electron chi connectivity index (χ2n) is 11.7. The van der Waals surface area contributed by atoms with E-state index in [1.54, 1.807) is 6.07 Å². The molecule has 0 bridgehead atoms. The molecule has 4 heterocycles. The second-order valence-corrected chi connectivity index (χ2v) is 12.1. The van der Waals surface area contributed by atoms with Gasteiger partial charge in [-0.25, -0.2) is 0 Å². The van der Waals surface area contributed by atoms with Crippen LogP contribution in [0.15, 0.2) is 30.3 Å². The Morgan fingerprint density at radius 1 is 1.10 bits per heavy atom. The standard InChI is InChI=1S/C31H36ClN5O5/c1-19-22(15-35-8-10-36(11-9-35)24-17-42-18-24)13-23(14-26(19)32)33-28(38)6-3-20-2-4-21-16-37(31(41)25(21)12-20)27-5-7-29(39)34-30(27)40/h2,4,12-14,24,27H,3,5-11,15-18H2,1H3,(H,33,38)(H,34,39,40). The lowest BCUT2D eigenvalue weighted by Gasteiger charge is -2.42. The van der Waals surface area contributed by atoms with E-state index >= 15 is 0 Å². The van der Waals surface area contributed by atoms with E-state index in [2.05, 4.69) is 20.4 Å². The zero-order valence-corrected chi connectivity index (χ0v) is 24.5. The van der Waals surface area contributed by atoms with Gasteiger partial charge in [-0.05, 0) is 60.2 Å².